The first-order chi connectivity index (χ1) is 14.6. The molecule has 7 nitrogen and oxygen atoms in total. The van der Waals surface area contributed by atoms with E-state index in [1.165, 1.54) is 0 Å². The Morgan fingerprint density at radius 1 is 1.23 bits per heavy atom. The van der Waals surface area contributed by atoms with Crippen molar-refractivity contribution >= 4 is 34.1 Å². The molecule has 1 aliphatic heterocycles. The number of carbonyl (C=O) groups is 1. The molecular formula is C22H25N3O4S. The summed E-state index contributed by atoms with van der Waals surface area (Å²) in [5.74, 6) is 0.873. The zero-order valence-corrected chi connectivity index (χ0v) is 17.9. The Kier molecular flexibility index (Phi) is 7.33. The number of hydrogen-bond acceptors (Lipinski definition) is 7. The molecule has 0 atom stereocenters. The van der Waals surface area contributed by atoms with E-state index >= 15 is 0 Å². The number of hydrogen-bond donors (Lipinski definition) is 1. The molecule has 2 aromatic rings. The van der Waals surface area contributed by atoms with Gasteiger partial charge in [-0.3, -0.25) is 4.79 Å². The molecule has 0 amide bonds. The van der Waals surface area contributed by atoms with Gasteiger partial charge in [-0.2, -0.15) is 0 Å². The maximum Gasteiger partial charge on any atom is 0.319 e. The predicted molar refractivity (Wildman–Crippen MR) is 119 cm³/mol. The Bertz CT molecular complexity index is 956. The van der Waals surface area contributed by atoms with Crippen molar-refractivity contribution in [1.29, 1.82) is 0 Å². The van der Waals surface area contributed by atoms with Crippen molar-refractivity contribution in [2.45, 2.75) is 18.9 Å². The summed E-state index contributed by atoms with van der Waals surface area (Å²) in [5, 5.41) is 1.14. The highest BCUT2D eigenvalue weighted by molar-refractivity contribution is 7.17. The van der Waals surface area contributed by atoms with Gasteiger partial charge in [-0.25, -0.2) is 4.85 Å². The summed E-state index contributed by atoms with van der Waals surface area (Å²) in [6.07, 6.45) is 3.40. The minimum atomic E-state index is -0.348. The molecule has 0 unspecified atom stereocenters. The molecule has 1 saturated heterocycles. The largest absolute Gasteiger partial charge is 0.493 e. The van der Waals surface area contributed by atoms with E-state index in [-0.39, 0.29) is 18.6 Å². The Hall–Kier alpha value is -3.02. The van der Waals surface area contributed by atoms with Crippen LogP contribution in [0.25, 0.3) is 16.6 Å². The van der Waals surface area contributed by atoms with Gasteiger partial charge in [0.15, 0.2) is 17.2 Å². The number of nitrogens with zero attached hydrogens (tertiary/aromatic N) is 2. The number of ether oxygens (including phenoxy) is 3. The van der Waals surface area contributed by atoms with Crippen molar-refractivity contribution in [1.82, 2.24) is 0 Å². The summed E-state index contributed by atoms with van der Waals surface area (Å²) >= 11 is 1.64. The highest BCUT2D eigenvalue weighted by atomic mass is 32.1. The number of piperidine rings is 1. The second kappa shape index (κ2) is 10.1. The average Bonchev–Trinajstić information content (AvgIpc) is 3.26. The molecule has 1 aliphatic rings. The Balaban J connectivity index is 1.70. The average molecular weight is 428 g/mol. The Morgan fingerprint density at radius 3 is 2.60 bits per heavy atom. The first kappa shape index (κ1) is 21.7. The van der Waals surface area contributed by atoms with Crippen LogP contribution < -0.4 is 20.1 Å². The number of rotatable bonds is 7. The van der Waals surface area contributed by atoms with E-state index in [1.54, 1.807) is 31.6 Å². The standard InChI is InChI=1S/C22H25N3O4S/c1-24-18(15-4-6-19(27-2)20(12-15)28-3)13-17-5-7-21(30-17)25-10-8-16(9-11-25)29-22(26)14-23/h4-7,12-13,16H,8-11,14,23H2,2-3H3/b18-13+. The van der Waals surface area contributed by atoms with Crippen LogP contribution in [0, 0.1) is 6.57 Å². The van der Waals surface area contributed by atoms with Gasteiger partial charge in [0.2, 0.25) is 0 Å². The number of carbonyl (C=O) groups excluding carboxylic acids is 1. The smallest absolute Gasteiger partial charge is 0.319 e. The lowest BCUT2D eigenvalue weighted by atomic mass is 10.1. The molecular weight excluding hydrogens is 402 g/mol. The van der Waals surface area contributed by atoms with Crippen LogP contribution in [0.4, 0.5) is 5.00 Å². The summed E-state index contributed by atoms with van der Waals surface area (Å²) in [5.41, 5.74) is 6.63. The zero-order valence-electron chi connectivity index (χ0n) is 17.1. The van der Waals surface area contributed by atoms with E-state index in [2.05, 4.69) is 15.8 Å². The first-order valence-electron chi connectivity index (χ1n) is 9.63. The van der Waals surface area contributed by atoms with Gasteiger partial charge in [-0.05, 0) is 35.9 Å². The second-order valence-electron chi connectivity index (χ2n) is 6.77. The fourth-order valence-electron chi connectivity index (χ4n) is 3.33. The number of methoxy groups -OCH3 is 2. The molecule has 0 saturated carbocycles. The topological polar surface area (TPSA) is 78.4 Å². The van der Waals surface area contributed by atoms with Crippen LogP contribution in [-0.2, 0) is 9.53 Å². The van der Waals surface area contributed by atoms with Crippen LogP contribution in [0.1, 0.15) is 23.3 Å². The van der Waals surface area contributed by atoms with E-state index in [0.717, 1.165) is 41.4 Å². The van der Waals surface area contributed by atoms with Gasteiger partial charge in [0, 0.05) is 30.8 Å². The van der Waals surface area contributed by atoms with E-state index in [0.29, 0.717) is 17.2 Å². The number of anilines is 1. The maximum atomic E-state index is 11.4. The van der Waals surface area contributed by atoms with Crippen LogP contribution in [0.15, 0.2) is 30.3 Å². The maximum absolute atomic E-state index is 11.4. The van der Waals surface area contributed by atoms with Gasteiger partial charge in [-0.15, -0.1) is 11.3 Å². The van der Waals surface area contributed by atoms with E-state index in [4.69, 9.17) is 26.5 Å². The van der Waals surface area contributed by atoms with Gasteiger partial charge in [0.05, 0.1) is 32.3 Å². The van der Waals surface area contributed by atoms with E-state index in [9.17, 15) is 4.79 Å². The van der Waals surface area contributed by atoms with Crippen molar-refractivity contribution in [3.63, 3.8) is 0 Å². The molecule has 0 aliphatic carbocycles. The zero-order chi connectivity index (χ0) is 21.5. The van der Waals surface area contributed by atoms with Gasteiger partial charge >= 0.3 is 5.97 Å². The van der Waals surface area contributed by atoms with Crippen LogP contribution in [-0.4, -0.2) is 45.9 Å². The molecule has 1 aromatic carbocycles. The molecule has 30 heavy (non-hydrogen) atoms. The normalized spacial score (nSPS) is 14.9. The van der Waals surface area contributed by atoms with Crippen LogP contribution >= 0.6 is 11.3 Å². The van der Waals surface area contributed by atoms with Crippen molar-refractivity contribution < 1.29 is 19.0 Å². The molecule has 8 heteroatoms. The third kappa shape index (κ3) is 5.12. The van der Waals surface area contributed by atoms with Crippen LogP contribution in [0.3, 0.4) is 0 Å². The lowest BCUT2D eigenvalue weighted by Gasteiger charge is -2.32. The third-order valence-corrected chi connectivity index (χ3v) is 6.00. The predicted octanol–water partition coefficient (Wildman–Crippen LogP) is 3.65. The quantitative estimate of drug-likeness (QED) is 0.537. The molecule has 0 bridgehead atoms. The fourth-order valence-corrected chi connectivity index (χ4v) is 4.32. The van der Waals surface area contributed by atoms with Crippen molar-refractivity contribution in [3.8, 4) is 11.5 Å². The first-order valence-corrected chi connectivity index (χ1v) is 10.5. The van der Waals surface area contributed by atoms with Gasteiger partial charge < -0.3 is 24.8 Å². The molecule has 1 fully saturated rings. The fraction of sp³-hybridized carbons (Fsp3) is 0.364. The molecule has 3 rings (SSSR count). The number of nitrogens with two attached hydrogens (primary N) is 1. The van der Waals surface area contributed by atoms with Crippen molar-refractivity contribution in [3.05, 3.63) is 52.2 Å². The van der Waals surface area contributed by atoms with E-state index < -0.39 is 0 Å². The third-order valence-electron chi connectivity index (χ3n) is 4.91. The lowest BCUT2D eigenvalue weighted by Crippen LogP contribution is -2.38. The summed E-state index contributed by atoms with van der Waals surface area (Å²) in [6, 6.07) is 9.55. The molecule has 1 aromatic heterocycles. The SMILES string of the molecule is [C-]#[N+]/C(=C/c1ccc(N2CCC(OC(=O)CN)CC2)s1)c1ccc(OC)c(OC)c1. The second-order valence-corrected chi connectivity index (χ2v) is 7.86. The molecule has 2 heterocycles. The molecule has 0 spiro atoms. The summed E-state index contributed by atoms with van der Waals surface area (Å²) in [4.78, 5) is 18.3. The summed E-state index contributed by atoms with van der Waals surface area (Å²) < 4.78 is 15.9. The molecule has 2 N–H and O–H groups in total. The lowest BCUT2D eigenvalue weighted by molar-refractivity contribution is -0.148. The van der Waals surface area contributed by atoms with Crippen molar-refractivity contribution in [2.75, 3.05) is 38.8 Å². The van der Waals surface area contributed by atoms with Crippen molar-refractivity contribution in [2.24, 2.45) is 5.73 Å². The van der Waals surface area contributed by atoms with Gasteiger partial charge in [0.1, 0.15) is 6.10 Å². The highest BCUT2D eigenvalue weighted by Crippen LogP contribution is 2.34. The van der Waals surface area contributed by atoms with Crippen LogP contribution in [0.5, 0.6) is 11.5 Å². The number of benzene rings is 1. The van der Waals surface area contributed by atoms with Crippen LogP contribution in [0.2, 0.25) is 0 Å². The van der Waals surface area contributed by atoms with Gasteiger partial charge in [-0.1, -0.05) is 6.07 Å². The summed E-state index contributed by atoms with van der Waals surface area (Å²) in [7, 11) is 3.16. The molecule has 158 valence electrons. The number of thiophene rings is 1. The minimum absolute atomic E-state index is 0.0598. The minimum Gasteiger partial charge on any atom is -0.493 e. The number of esters is 1. The summed E-state index contributed by atoms with van der Waals surface area (Å²) in [6.45, 7) is 9.15. The highest BCUT2D eigenvalue weighted by Gasteiger charge is 2.23. The van der Waals surface area contributed by atoms with Gasteiger partial charge in [0.25, 0.3) is 0 Å². The Morgan fingerprint density at radius 2 is 1.97 bits per heavy atom. The Labute approximate surface area is 180 Å². The molecule has 0 radical (unpaired) electrons. The monoisotopic (exact) mass is 427 g/mol. The van der Waals surface area contributed by atoms with E-state index in [1.807, 2.05) is 24.3 Å².